The third-order valence-electron chi connectivity index (χ3n) is 6.27. The van der Waals surface area contributed by atoms with Gasteiger partial charge in [-0.15, -0.1) is 0 Å². The predicted octanol–water partition coefficient (Wildman–Crippen LogP) is 6.04. The van der Waals surface area contributed by atoms with Crippen molar-refractivity contribution in [1.82, 2.24) is 4.57 Å². The lowest BCUT2D eigenvalue weighted by Crippen LogP contribution is -2.34. The fourth-order valence-electron chi connectivity index (χ4n) is 4.32. The lowest BCUT2D eigenvalue weighted by molar-refractivity contribution is -0.384. The van der Waals surface area contributed by atoms with Crippen LogP contribution in [0.15, 0.2) is 89.9 Å². The van der Waals surface area contributed by atoms with E-state index in [2.05, 4.69) is 5.32 Å². The summed E-state index contributed by atoms with van der Waals surface area (Å²) in [6, 6.07) is 19.4. The molecule has 0 aliphatic carbocycles. The normalized spacial score (nSPS) is 11.9. The number of carbonyl (C=O) groups is 2. The first-order valence-corrected chi connectivity index (χ1v) is 13.3. The number of nitro benzene ring substituents is 1. The molecular weight excluding hydrogens is 560 g/mol. The molecular formula is C31H29ClN4O6. The Morgan fingerprint density at radius 1 is 1.05 bits per heavy atom. The Bertz CT molecular complexity index is 1710. The van der Waals surface area contributed by atoms with E-state index in [0.29, 0.717) is 0 Å². The van der Waals surface area contributed by atoms with Crippen LogP contribution in [0.2, 0.25) is 5.02 Å². The highest BCUT2D eigenvalue weighted by Gasteiger charge is 2.25. The van der Waals surface area contributed by atoms with Gasteiger partial charge in [0.05, 0.1) is 27.4 Å². The van der Waals surface area contributed by atoms with Crippen LogP contribution < -0.4 is 16.6 Å². The Kier molecular flexibility index (Phi) is 8.77. The van der Waals surface area contributed by atoms with E-state index in [1.807, 2.05) is 30.3 Å². The number of ether oxygens (including phenoxy) is 1. The number of pyridine rings is 1. The maximum absolute atomic E-state index is 13.6. The van der Waals surface area contributed by atoms with Gasteiger partial charge in [0.2, 0.25) is 5.91 Å². The van der Waals surface area contributed by atoms with Crippen LogP contribution >= 0.6 is 11.6 Å². The number of nitro groups is 1. The van der Waals surface area contributed by atoms with E-state index in [1.165, 1.54) is 59.3 Å². The van der Waals surface area contributed by atoms with Crippen LogP contribution in [0.1, 0.15) is 42.7 Å². The molecule has 4 rings (SSSR count). The van der Waals surface area contributed by atoms with Crippen LogP contribution in [-0.2, 0) is 16.0 Å². The van der Waals surface area contributed by atoms with Gasteiger partial charge in [-0.3, -0.25) is 19.7 Å². The molecule has 1 aromatic heterocycles. The van der Waals surface area contributed by atoms with Gasteiger partial charge in [-0.2, -0.15) is 0 Å². The van der Waals surface area contributed by atoms with Gasteiger partial charge >= 0.3 is 5.97 Å². The SMILES string of the molecule is CC(C)(C)OC(=O)c1ccc(NC(=O)C(Cc2ccccc2)n2ccc(-c3cc(Cl)ccc3[N+](=O)[O-])cc2=O)c(N)c1. The zero-order valence-electron chi connectivity index (χ0n) is 23.2. The third-order valence-corrected chi connectivity index (χ3v) is 6.50. The number of rotatable bonds is 8. The zero-order chi connectivity index (χ0) is 30.6. The molecule has 4 aromatic rings. The average Bonchev–Trinajstić information content (AvgIpc) is 2.92. The van der Waals surface area contributed by atoms with Crippen LogP contribution in [0, 0.1) is 10.1 Å². The summed E-state index contributed by atoms with van der Waals surface area (Å²) in [4.78, 5) is 50.5. The first-order chi connectivity index (χ1) is 19.8. The number of nitrogens with zero attached hydrogens (tertiary/aromatic N) is 2. The highest BCUT2D eigenvalue weighted by atomic mass is 35.5. The molecule has 3 N–H and O–H groups in total. The number of nitrogens with two attached hydrogens (primary N) is 1. The second kappa shape index (κ2) is 12.3. The van der Waals surface area contributed by atoms with E-state index in [9.17, 15) is 24.5 Å². The van der Waals surface area contributed by atoms with Crippen molar-refractivity contribution in [3.63, 3.8) is 0 Å². The van der Waals surface area contributed by atoms with E-state index in [1.54, 1.807) is 20.8 Å². The van der Waals surface area contributed by atoms with E-state index in [-0.39, 0.29) is 45.2 Å². The number of hydrogen-bond donors (Lipinski definition) is 2. The average molecular weight is 589 g/mol. The van der Waals surface area contributed by atoms with E-state index < -0.39 is 34.0 Å². The van der Waals surface area contributed by atoms with Crippen LogP contribution in [0.5, 0.6) is 0 Å². The number of nitrogen functional groups attached to an aromatic ring is 1. The Morgan fingerprint density at radius 3 is 2.38 bits per heavy atom. The monoisotopic (exact) mass is 588 g/mol. The van der Waals surface area contributed by atoms with E-state index >= 15 is 0 Å². The zero-order valence-corrected chi connectivity index (χ0v) is 23.9. The summed E-state index contributed by atoms with van der Waals surface area (Å²) >= 11 is 6.07. The molecule has 11 heteroatoms. The molecule has 0 bridgehead atoms. The van der Waals surface area contributed by atoms with Crippen LogP contribution in [0.25, 0.3) is 11.1 Å². The molecule has 1 amide bonds. The molecule has 0 aliphatic heterocycles. The summed E-state index contributed by atoms with van der Waals surface area (Å²) in [6.07, 6.45) is 1.59. The minimum Gasteiger partial charge on any atom is -0.456 e. The maximum atomic E-state index is 13.6. The van der Waals surface area contributed by atoms with Gasteiger partial charge in [0.1, 0.15) is 11.6 Å². The molecule has 0 saturated heterocycles. The summed E-state index contributed by atoms with van der Waals surface area (Å²) in [5.74, 6) is -1.08. The van der Waals surface area contributed by atoms with Crippen molar-refractivity contribution < 1.29 is 19.2 Å². The molecule has 0 radical (unpaired) electrons. The van der Waals surface area contributed by atoms with Crippen LogP contribution in [0.4, 0.5) is 17.1 Å². The van der Waals surface area contributed by atoms with Crippen molar-refractivity contribution in [2.75, 3.05) is 11.1 Å². The summed E-state index contributed by atoms with van der Waals surface area (Å²) in [5.41, 5.74) is 6.60. The summed E-state index contributed by atoms with van der Waals surface area (Å²) < 4.78 is 6.64. The lowest BCUT2D eigenvalue weighted by atomic mass is 10.0. The van der Waals surface area contributed by atoms with Crippen LogP contribution in [0.3, 0.4) is 0 Å². The van der Waals surface area contributed by atoms with Gasteiger partial charge in [0.25, 0.3) is 11.2 Å². The Hall–Kier alpha value is -4.96. The number of halogens is 1. The first kappa shape index (κ1) is 30.0. The van der Waals surface area contributed by atoms with Crippen molar-refractivity contribution in [2.24, 2.45) is 0 Å². The largest absolute Gasteiger partial charge is 0.456 e. The third kappa shape index (κ3) is 7.21. The van der Waals surface area contributed by atoms with Crippen molar-refractivity contribution in [3.8, 4) is 11.1 Å². The topological polar surface area (TPSA) is 147 Å². The number of nitrogens with one attached hydrogen (secondary N) is 1. The maximum Gasteiger partial charge on any atom is 0.338 e. The molecule has 0 fully saturated rings. The number of aromatic nitrogens is 1. The number of benzene rings is 3. The fraction of sp³-hybridized carbons (Fsp3) is 0.194. The van der Waals surface area contributed by atoms with Crippen molar-refractivity contribution in [2.45, 2.75) is 38.8 Å². The highest BCUT2D eigenvalue weighted by molar-refractivity contribution is 6.31. The van der Waals surface area contributed by atoms with Gasteiger partial charge in [0.15, 0.2) is 0 Å². The van der Waals surface area contributed by atoms with Crippen LogP contribution in [-0.4, -0.2) is 27.0 Å². The molecule has 1 unspecified atom stereocenters. The van der Waals surface area contributed by atoms with Gasteiger partial charge < -0.3 is 20.4 Å². The Morgan fingerprint density at radius 2 is 1.76 bits per heavy atom. The second-order valence-electron chi connectivity index (χ2n) is 10.6. The molecule has 0 aliphatic rings. The van der Waals surface area contributed by atoms with Gasteiger partial charge in [-0.25, -0.2) is 4.79 Å². The Labute approximate surface area is 246 Å². The van der Waals surface area contributed by atoms with E-state index in [4.69, 9.17) is 22.1 Å². The molecule has 3 aromatic carbocycles. The summed E-state index contributed by atoms with van der Waals surface area (Å²) in [5, 5.41) is 14.6. The first-order valence-electron chi connectivity index (χ1n) is 13.0. The van der Waals surface area contributed by atoms with Gasteiger partial charge in [0, 0.05) is 29.8 Å². The fourth-order valence-corrected chi connectivity index (χ4v) is 4.50. The second-order valence-corrected chi connectivity index (χ2v) is 11.0. The molecule has 1 atom stereocenters. The Balaban J connectivity index is 1.68. The molecule has 0 spiro atoms. The molecule has 0 saturated carbocycles. The quantitative estimate of drug-likeness (QED) is 0.110. The molecule has 42 heavy (non-hydrogen) atoms. The standard InChI is InChI=1S/C31H29ClN4O6/c1-31(2,3)42-30(39)21-9-11-25(24(33)16-21)34-29(38)27(15-19-7-5-4-6-8-19)35-14-13-20(17-28(35)37)23-18-22(32)10-12-26(23)36(40)41/h4-14,16-18,27H,15,33H2,1-3H3,(H,34,38). The number of carbonyl (C=O) groups excluding carboxylic acids is 2. The number of esters is 1. The minimum absolute atomic E-state index is 0.140. The lowest BCUT2D eigenvalue weighted by Gasteiger charge is -2.21. The highest BCUT2D eigenvalue weighted by Crippen LogP contribution is 2.32. The number of hydrogen-bond acceptors (Lipinski definition) is 7. The van der Waals surface area contributed by atoms with Crippen molar-refractivity contribution >= 4 is 40.5 Å². The number of amides is 1. The number of anilines is 2. The van der Waals surface area contributed by atoms with Gasteiger partial charge in [-0.05, 0) is 68.3 Å². The predicted molar refractivity (Wildman–Crippen MR) is 162 cm³/mol. The summed E-state index contributed by atoms with van der Waals surface area (Å²) in [7, 11) is 0. The molecule has 10 nitrogen and oxygen atoms in total. The molecule has 216 valence electrons. The minimum atomic E-state index is -1.01. The van der Waals surface area contributed by atoms with Crippen molar-refractivity contribution in [1.29, 1.82) is 0 Å². The van der Waals surface area contributed by atoms with Crippen molar-refractivity contribution in [3.05, 3.63) is 122 Å². The summed E-state index contributed by atoms with van der Waals surface area (Å²) in [6.45, 7) is 5.25. The smallest absolute Gasteiger partial charge is 0.338 e. The van der Waals surface area contributed by atoms with Gasteiger partial charge in [-0.1, -0.05) is 41.9 Å². The molecule has 1 heterocycles. The van der Waals surface area contributed by atoms with E-state index in [0.717, 1.165) is 5.56 Å².